The molecule has 0 aliphatic heterocycles. The maximum absolute atomic E-state index is 13.2. The van der Waals surface area contributed by atoms with Crippen molar-refractivity contribution in [2.75, 3.05) is 6.54 Å². The lowest BCUT2D eigenvalue weighted by molar-refractivity contribution is 0.0691. The van der Waals surface area contributed by atoms with Crippen LogP contribution in [0, 0.1) is 5.82 Å². The predicted octanol–water partition coefficient (Wildman–Crippen LogP) is 2.75. The Morgan fingerprint density at radius 2 is 2.12 bits per heavy atom. The van der Waals surface area contributed by atoms with Crippen LogP contribution in [0.25, 0.3) is 0 Å². The summed E-state index contributed by atoms with van der Waals surface area (Å²) in [4.78, 5) is 13.0. The summed E-state index contributed by atoms with van der Waals surface area (Å²) in [6.45, 7) is 7.70. The maximum atomic E-state index is 13.2. The first-order valence-electron chi connectivity index (χ1n) is 5.71. The Balaban J connectivity index is 2.92. The average molecular weight is 239 g/mol. The molecule has 0 amide bonds. The lowest BCUT2D eigenvalue weighted by Crippen LogP contribution is -2.30. The molecule has 1 rings (SSSR count). The lowest BCUT2D eigenvalue weighted by atomic mass is 10.1. The Morgan fingerprint density at radius 1 is 1.47 bits per heavy atom. The van der Waals surface area contributed by atoms with Crippen molar-refractivity contribution in [2.24, 2.45) is 0 Å². The van der Waals surface area contributed by atoms with E-state index in [1.165, 1.54) is 12.1 Å². The van der Waals surface area contributed by atoms with Crippen molar-refractivity contribution in [1.82, 2.24) is 4.90 Å². The number of rotatable bonds is 5. The van der Waals surface area contributed by atoms with Gasteiger partial charge in [-0.2, -0.15) is 0 Å². The van der Waals surface area contributed by atoms with E-state index in [1.807, 2.05) is 6.92 Å². The van der Waals surface area contributed by atoms with Gasteiger partial charge in [0.2, 0.25) is 0 Å². The zero-order chi connectivity index (χ0) is 13.0. The Kier molecular flexibility index (Phi) is 4.63. The minimum absolute atomic E-state index is 0.262. The first-order chi connectivity index (χ1) is 7.95. The minimum atomic E-state index is -1.23. The summed E-state index contributed by atoms with van der Waals surface area (Å²) in [5.41, 5.74) is 0.557. The molecular formula is C13H18FNO2. The molecule has 0 radical (unpaired) electrons. The molecule has 0 atom stereocenters. The summed E-state index contributed by atoms with van der Waals surface area (Å²) >= 11 is 0. The van der Waals surface area contributed by atoms with E-state index in [4.69, 9.17) is 5.11 Å². The largest absolute Gasteiger partial charge is 0.478 e. The molecule has 17 heavy (non-hydrogen) atoms. The summed E-state index contributed by atoms with van der Waals surface area (Å²) in [5.74, 6) is -1.91. The van der Waals surface area contributed by atoms with E-state index in [9.17, 15) is 9.18 Å². The molecule has 0 aromatic heterocycles. The lowest BCUT2D eigenvalue weighted by Gasteiger charge is -2.24. The molecule has 1 aromatic carbocycles. The number of carbonyl (C=O) groups is 1. The summed E-state index contributed by atoms with van der Waals surface area (Å²) < 4.78 is 13.2. The van der Waals surface area contributed by atoms with Crippen LogP contribution in [0.4, 0.5) is 4.39 Å². The van der Waals surface area contributed by atoms with Crippen LogP contribution in [0.15, 0.2) is 18.2 Å². The van der Waals surface area contributed by atoms with Crippen LogP contribution in [0.2, 0.25) is 0 Å². The molecule has 0 aliphatic carbocycles. The van der Waals surface area contributed by atoms with Gasteiger partial charge in [0.15, 0.2) is 0 Å². The Bertz CT molecular complexity index is 404. The van der Waals surface area contributed by atoms with Gasteiger partial charge in [-0.15, -0.1) is 0 Å². The predicted molar refractivity (Wildman–Crippen MR) is 64.6 cm³/mol. The standard InChI is InChI=1S/C13H18FNO2/c1-4-15(9(2)3)8-10-5-6-12(14)11(7-10)13(16)17/h5-7,9H,4,8H2,1-3H3,(H,16,17). The average Bonchev–Trinajstić information content (AvgIpc) is 2.27. The highest BCUT2D eigenvalue weighted by Crippen LogP contribution is 2.13. The van der Waals surface area contributed by atoms with Crippen molar-refractivity contribution in [3.63, 3.8) is 0 Å². The van der Waals surface area contributed by atoms with Gasteiger partial charge in [-0.05, 0) is 38.1 Å². The fourth-order valence-electron chi connectivity index (χ4n) is 1.73. The molecule has 1 aromatic rings. The second-order valence-corrected chi connectivity index (χ2v) is 4.28. The molecule has 0 bridgehead atoms. The Hall–Kier alpha value is -1.42. The third kappa shape index (κ3) is 3.53. The highest BCUT2D eigenvalue weighted by molar-refractivity contribution is 5.88. The molecule has 0 aliphatic rings. The summed E-state index contributed by atoms with van der Waals surface area (Å²) in [6.07, 6.45) is 0. The second-order valence-electron chi connectivity index (χ2n) is 4.28. The molecule has 0 heterocycles. The quantitative estimate of drug-likeness (QED) is 0.859. The third-order valence-corrected chi connectivity index (χ3v) is 2.78. The number of benzene rings is 1. The molecule has 4 heteroatoms. The first kappa shape index (κ1) is 13.6. The van der Waals surface area contributed by atoms with Crippen molar-refractivity contribution < 1.29 is 14.3 Å². The van der Waals surface area contributed by atoms with Gasteiger partial charge in [0.05, 0.1) is 5.56 Å². The zero-order valence-corrected chi connectivity index (χ0v) is 10.4. The number of aromatic carboxylic acids is 1. The number of hydrogen-bond acceptors (Lipinski definition) is 2. The summed E-state index contributed by atoms with van der Waals surface area (Å²) in [6, 6.07) is 4.63. The minimum Gasteiger partial charge on any atom is -0.478 e. The fourth-order valence-corrected chi connectivity index (χ4v) is 1.73. The second kappa shape index (κ2) is 5.77. The van der Waals surface area contributed by atoms with Crippen LogP contribution >= 0.6 is 0 Å². The van der Waals surface area contributed by atoms with Gasteiger partial charge < -0.3 is 5.11 Å². The van der Waals surface area contributed by atoms with E-state index in [0.29, 0.717) is 12.6 Å². The summed E-state index contributed by atoms with van der Waals surface area (Å²) in [5, 5.41) is 8.84. The topological polar surface area (TPSA) is 40.5 Å². The van der Waals surface area contributed by atoms with E-state index in [0.717, 1.165) is 12.1 Å². The molecule has 1 N–H and O–H groups in total. The normalized spacial score (nSPS) is 11.2. The van der Waals surface area contributed by atoms with Crippen molar-refractivity contribution >= 4 is 5.97 Å². The first-order valence-corrected chi connectivity index (χ1v) is 5.71. The van der Waals surface area contributed by atoms with Crippen LogP contribution in [0.1, 0.15) is 36.7 Å². The van der Waals surface area contributed by atoms with Crippen LogP contribution in [0.5, 0.6) is 0 Å². The molecule has 0 unspecified atom stereocenters. The van der Waals surface area contributed by atoms with Crippen LogP contribution in [-0.2, 0) is 6.54 Å². The van der Waals surface area contributed by atoms with E-state index >= 15 is 0 Å². The van der Waals surface area contributed by atoms with Crippen LogP contribution in [-0.4, -0.2) is 28.6 Å². The Morgan fingerprint density at radius 3 is 2.59 bits per heavy atom. The number of hydrogen-bond donors (Lipinski definition) is 1. The van der Waals surface area contributed by atoms with Gasteiger partial charge in [-0.25, -0.2) is 9.18 Å². The van der Waals surface area contributed by atoms with Gasteiger partial charge in [0, 0.05) is 12.6 Å². The molecule has 94 valence electrons. The zero-order valence-electron chi connectivity index (χ0n) is 10.4. The maximum Gasteiger partial charge on any atom is 0.338 e. The van der Waals surface area contributed by atoms with Crippen molar-refractivity contribution in [2.45, 2.75) is 33.4 Å². The highest BCUT2D eigenvalue weighted by atomic mass is 19.1. The molecule has 0 saturated heterocycles. The van der Waals surface area contributed by atoms with Gasteiger partial charge >= 0.3 is 5.97 Å². The molecule has 0 spiro atoms. The SMILES string of the molecule is CCN(Cc1ccc(F)c(C(=O)O)c1)C(C)C. The number of halogens is 1. The van der Waals surface area contributed by atoms with Gasteiger partial charge in [0.1, 0.15) is 5.82 Å². The number of carboxylic acid groups (broad SMARTS) is 1. The summed E-state index contributed by atoms with van der Waals surface area (Å²) in [7, 11) is 0. The number of nitrogens with zero attached hydrogens (tertiary/aromatic N) is 1. The molecule has 3 nitrogen and oxygen atoms in total. The van der Waals surface area contributed by atoms with E-state index in [2.05, 4.69) is 18.7 Å². The highest BCUT2D eigenvalue weighted by Gasteiger charge is 2.13. The van der Waals surface area contributed by atoms with Crippen LogP contribution in [0.3, 0.4) is 0 Å². The van der Waals surface area contributed by atoms with E-state index in [1.54, 1.807) is 6.07 Å². The Labute approximate surface area is 101 Å². The van der Waals surface area contributed by atoms with Gasteiger partial charge in [-0.3, -0.25) is 4.90 Å². The molecule has 0 saturated carbocycles. The van der Waals surface area contributed by atoms with E-state index in [-0.39, 0.29) is 5.56 Å². The molecule has 0 fully saturated rings. The molecular weight excluding hydrogens is 221 g/mol. The van der Waals surface area contributed by atoms with Gasteiger partial charge in [-0.1, -0.05) is 13.0 Å². The smallest absolute Gasteiger partial charge is 0.338 e. The van der Waals surface area contributed by atoms with E-state index < -0.39 is 11.8 Å². The van der Waals surface area contributed by atoms with Crippen molar-refractivity contribution in [3.8, 4) is 0 Å². The van der Waals surface area contributed by atoms with Crippen molar-refractivity contribution in [3.05, 3.63) is 35.1 Å². The van der Waals surface area contributed by atoms with Crippen LogP contribution < -0.4 is 0 Å². The third-order valence-electron chi connectivity index (χ3n) is 2.78. The monoisotopic (exact) mass is 239 g/mol. The number of carboxylic acids is 1. The van der Waals surface area contributed by atoms with Gasteiger partial charge in [0.25, 0.3) is 0 Å². The fraction of sp³-hybridized carbons (Fsp3) is 0.462. The van der Waals surface area contributed by atoms with Crippen molar-refractivity contribution in [1.29, 1.82) is 0 Å².